The quantitative estimate of drug-likeness (QED) is 0.361. The number of alkyl halides is 3. The molecule has 1 aliphatic rings. The second-order valence-corrected chi connectivity index (χ2v) is 11.2. The van der Waals surface area contributed by atoms with E-state index < -0.39 is 33.2 Å². The van der Waals surface area contributed by atoms with Crippen LogP contribution in [-0.4, -0.2) is 59.7 Å². The number of hydrogen-bond donors (Lipinski definition) is 1. The molecule has 1 fully saturated rings. The second kappa shape index (κ2) is 10.2. The van der Waals surface area contributed by atoms with Gasteiger partial charge in [0, 0.05) is 54.2 Å². The van der Waals surface area contributed by atoms with Crippen LogP contribution in [0.2, 0.25) is 0 Å². The summed E-state index contributed by atoms with van der Waals surface area (Å²) in [6.45, 7) is 6.63. The number of alkyl carbamates (subject to hydrolysis) is 1. The van der Waals surface area contributed by atoms with Crippen molar-refractivity contribution in [1.29, 1.82) is 0 Å². The van der Waals surface area contributed by atoms with Gasteiger partial charge in [0.1, 0.15) is 5.60 Å². The Balaban J connectivity index is 1.60. The average Bonchev–Trinajstić information content (AvgIpc) is 2.81. The number of fused-ring (bicyclic) bond motifs is 1. The van der Waals surface area contributed by atoms with Crippen molar-refractivity contribution in [2.75, 3.05) is 18.0 Å². The Kier molecular flexibility index (Phi) is 7.37. The molecular weight excluding hydrogens is 527 g/mol. The largest absolute Gasteiger partial charge is 0.534 e. The Hall–Kier alpha value is -3.68. The van der Waals surface area contributed by atoms with Crippen LogP contribution in [0.4, 0.5) is 23.7 Å². The Bertz CT molecular complexity index is 1440. The van der Waals surface area contributed by atoms with Crippen LogP contribution >= 0.6 is 0 Å². The predicted molar refractivity (Wildman–Crippen MR) is 133 cm³/mol. The molecule has 3 heterocycles. The number of anilines is 1. The standard InChI is InChI=1S/C24H26F3N5O5S/c1-23(2,3)36-22(33)30-16-5-4-12-32(14-16)19-8-10-28-18-7-6-15(13-17(18)19)21-29-11-9-20(31-21)37-38(34,35)24(25,26)27/h6-11,13,16H,4-5,12,14H2,1-3H3,(H,30,33). The smallest absolute Gasteiger partial charge is 0.444 e. The molecule has 0 saturated carbocycles. The molecule has 14 heteroatoms. The van der Waals surface area contributed by atoms with E-state index in [9.17, 15) is 26.4 Å². The number of ether oxygens (including phenoxy) is 1. The molecule has 3 aromatic rings. The normalized spacial score (nSPS) is 16.8. The molecule has 1 amide bonds. The fraction of sp³-hybridized carbons (Fsp3) is 0.417. The number of aromatic nitrogens is 3. The van der Waals surface area contributed by atoms with Gasteiger partial charge in [-0.1, -0.05) is 0 Å². The van der Waals surface area contributed by atoms with E-state index in [1.54, 1.807) is 45.2 Å². The second-order valence-electron chi connectivity index (χ2n) is 9.70. The Morgan fingerprint density at radius 1 is 1.11 bits per heavy atom. The third-order valence-electron chi connectivity index (χ3n) is 5.57. The average molecular weight is 554 g/mol. The molecule has 204 valence electrons. The number of nitrogens with one attached hydrogen (secondary N) is 1. The molecular formula is C24H26F3N5O5S. The van der Waals surface area contributed by atoms with Crippen molar-refractivity contribution in [3.8, 4) is 17.3 Å². The fourth-order valence-electron chi connectivity index (χ4n) is 4.02. The lowest BCUT2D eigenvalue weighted by Crippen LogP contribution is -2.49. The van der Waals surface area contributed by atoms with Gasteiger partial charge < -0.3 is 19.1 Å². The highest BCUT2D eigenvalue weighted by Gasteiger charge is 2.48. The lowest BCUT2D eigenvalue weighted by molar-refractivity contribution is -0.0501. The fourth-order valence-corrected chi connectivity index (χ4v) is 4.43. The number of carbonyl (C=O) groups is 1. The van der Waals surface area contributed by atoms with Crippen molar-refractivity contribution in [3.05, 3.63) is 42.7 Å². The summed E-state index contributed by atoms with van der Waals surface area (Å²) in [7, 11) is -5.88. The zero-order chi connectivity index (χ0) is 27.7. The Labute approximate surface area is 217 Å². The van der Waals surface area contributed by atoms with Gasteiger partial charge >= 0.3 is 21.7 Å². The number of benzene rings is 1. The highest BCUT2D eigenvalue weighted by molar-refractivity contribution is 7.87. The van der Waals surface area contributed by atoms with E-state index in [1.165, 1.54) is 0 Å². The van der Waals surface area contributed by atoms with E-state index in [-0.39, 0.29) is 11.9 Å². The summed E-state index contributed by atoms with van der Waals surface area (Å²) in [6.07, 6.45) is 3.88. The van der Waals surface area contributed by atoms with Crippen molar-refractivity contribution < 1.29 is 35.3 Å². The summed E-state index contributed by atoms with van der Waals surface area (Å²) in [4.78, 5) is 26.7. The van der Waals surface area contributed by atoms with Gasteiger partial charge in [0.2, 0.25) is 5.88 Å². The first-order valence-electron chi connectivity index (χ1n) is 11.7. The van der Waals surface area contributed by atoms with Gasteiger partial charge in [0.15, 0.2) is 5.82 Å². The Morgan fingerprint density at radius 3 is 2.55 bits per heavy atom. The van der Waals surface area contributed by atoms with Gasteiger partial charge in [-0.05, 0) is 57.9 Å². The minimum Gasteiger partial charge on any atom is -0.444 e. The molecule has 0 spiro atoms. The zero-order valence-electron chi connectivity index (χ0n) is 20.8. The molecule has 2 aromatic heterocycles. The molecule has 38 heavy (non-hydrogen) atoms. The summed E-state index contributed by atoms with van der Waals surface area (Å²) < 4.78 is 70.4. The monoisotopic (exact) mass is 553 g/mol. The maximum Gasteiger partial charge on any atom is 0.534 e. The minimum atomic E-state index is -5.88. The first-order chi connectivity index (χ1) is 17.7. The molecule has 10 nitrogen and oxygen atoms in total. The number of pyridine rings is 1. The number of nitrogens with zero attached hydrogens (tertiary/aromatic N) is 4. The number of piperidine rings is 1. The lowest BCUT2D eigenvalue weighted by Gasteiger charge is -2.35. The molecule has 4 rings (SSSR count). The van der Waals surface area contributed by atoms with Gasteiger partial charge in [-0.2, -0.15) is 26.6 Å². The maximum atomic E-state index is 12.7. The van der Waals surface area contributed by atoms with Crippen molar-refractivity contribution in [1.82, 2.24) is 20.3 Å². The van der Waals surface area contributed by atoms with Gasteiger partial charge in [0.25, 0.3) is 0 Å². The predicted octanol–water partition coefficient (Wildman–Crippen LogP) is 4.41. The van der Waals surface area contributed by atoms with Gasteiger partial charge in [-0.25, -0.2) is 9.78 Å². The Morgan fingerprint density at radius 2 is 1.84 bits per heavy atom. The highest BCUT2D eigenvalue weighted by Crippen LogP contribution is 2.32. The van der Waals surface area contributed by atoms with Gasteiger partial charge in [0.05, 0.1) is 5.52 Å². The van der Waals surface area contributed by atoms with Crippen molar-refractivity contribution in [2.24, 2.45) is 0 Å². The lowest BCUT2D eigenvalue weighted by atomic mass is 10.0. The molecule has 1 saturated heterocycles. The summed E-state index contributed by atoms with van der Waals surface area (Å²) in [5.74, 6) is -0.786. The number of halogens is 3. The maximum absolute atomic E-state index is 12.7. The van der Waals surface area contributed by atoms with Crippen LogP contribution in [0.1, 0.15) is 33.6 Å². The van der Waals surface area contributed by atoms with Crippen LogP contribution in [0.15, 0.2) is 42.7 Å². The van der Waals surface area contributed by atoms with Gasteiger partial charge in [-0.15, -0.1) is 0 Å². The van der Waals surface area contributed by atoms with Crippen LogP contribution in [0.3, 0.4) is 0 Å². The van der Waals surface area contributed by atoms with Crippen molar-refractivity contribution in [2.45, 2.75) is 50.8 Å². The third-order valence-corrected chi connectivity index (χ3v) is 6.53. The number of carbonyl (C=O) groups excluding carboxylic acids is 1. The number of hydrogen-bond acceptors (Lipinski definition) is 9. The summed E-state index contributed by atoms with van der Waals surface area (Å²) in [6, 6.07) is 7.67. The molecule has 1 aromatic carbocycles. The number of rotatable bonds is 5. The van der Waals surface area contributed by atoms with E-state index in [2.05, 4.69) is 29.4 Å². The minimum absolute atomic E-state index is 0.0281. The van der Waals surface area contributed by atoms with Crippen LogP contribution in [-0.2, 0) is 14.9 Å². The van der Waals surface area contributed by atoms with Crippen LogP contribution < -0.4 is 14.4 Å². The van der Waals surface area contributed by atoms with Crippen LogP contribution in [0, 0.1) is 0 Å². The molecule has 1 atom stereocenters. The van der Waals surface area contributed by atoms with Crippen LogP contribution in [0.5, 0.6) is 5.88 Å². The molecule has 1 unspecified atom stereocenters. The van der Waals surface area contributed by atoms with E-state index >= 15 is 0 Å². The van der Waals surface area contributed by atoms with E-state index in [1.807, 2.05) is 6.07 Å². The van der Waals surface area contributed by atoms with E-state index in [4.69, 9.17) is 4.74 Å². The SMILES string of the molecule is CC(C)(C)OC(=O)NC1CCCN(c2ccnc3ccc(-c4nccc(OS(=O)(=O)C(F)(F)F)n4)cc23)C1. The zero-order valence-corrected chi connectivity index (χ0v) is 21.6. The molecule has 1 aliphatic heterocycles. The first-order valence-corrected chi connectivity index (χ1v) is 13.1. The van der Waals surface area contributed by atoms with E-state index in [0.29, 0.717) is 17.6 Å². The van der Waals surface area contributed by atoms with Gasteiger partial charge in [-0.3, -0.25) is 4.98 Å². The molecule has 0 aliphatic carbocycles. The molecule has 0 radical (unpaired) electrons. The highest BCUT2D eigenvalue weighted by atomic mass is 32.2. The van der Waals surface area contributed by atoms with Crippen molar-refractivity contribution >= 4 is 32.8 Å². The summed E-state index contributed by atoms with van der Waals surface area (Å²) in [5.41, 5.74) is -4.30. The topological polar surface area (TPSA) is 124 Å². The molecule has 1 N–H and O–H groups in total. The summed E-state index contributed by atoms with van der Waals surface area (Å²) in [5, 5.41) is 3.64. The van der Waals surface area contributed by atoms with Crippen LogP contribution in [0.25, 0.3) is 22.3 Å². The first kappa shape index (κ1) is 27.4. The van der Waals surface area contributed by atoms with E-state index in [0.717, 1.165) is 42.7 Å². The number of amides is 1. The third kappa shape index (κ3) is 6.41. The molecule has 0 bridgehead atoms. The summed E-state index contributed by atoms with van der Waals surface area (Å²) >= 11 is 0. The van der Waals surface area contributed by atoms with Crippen molar-refractivity contribution in [3.63, 3.8) is 0 Å².